The van der Waals surface area contributed by atoms with Crippen LogP contribution in [-0.2, 0) is 11.2 Å². The number of benzene rings is 2. The fourth-order valence-electron chi connectivity index (χ4n) is 2.45. The molecule has 0 spiro atoms. The van der Waals surface area contributed by atoms with Crippen molar-refractivity contribution in [3.63, 3.8) is 0 Å². The summed E-state index contributed by atoms with van der Waals surface area (Å²) in [5.41, 5.74) is 1.04. The normalized spacial score (nSPS) is 12.4. The van der Waals surface area contributed by atoms with Gasteiger partial charge in [-0.25, -0.2) is 4.68 Å². The average molecular weight is 377 g/mol. The Kier molecular flexibility index (Phi) is 5.34. The molecular formula is C17H14F3N5O2. The number of alkyl halides is 3. The Morgan fingerprint density at radius 3 is 2.59 bits per heavy atom. The van der Waals surface area contributed by atoms with Crippen LogP contribution in [0.4, 0.5) is 18.9 Å². The first-order valence-corrected chi connectivity index (χ1v) is 7.84. The third kappa shape index (κ3) is 5.27. The van der Waals surface area contributed by atoms with Gasteiger partial charge in [-0.05, 0) is 28.1 Å². The minimum Gasteiger partial charge on any atom is -0.406 e. The van der Waals surface area contributed by atoms with E-state index in [2.05, 4.69) is 25.6 Å². The number of hydrogen-bond donors (Lipinski definition) is 1. The molecule has 2 aromatic carbocycles. The highest BCUT2D eigenvalue weighted by Gasteiger charge is 2.31. The van der Waals surface area contributed by atoms with Gasteiger partial charge in [0.15, 0.2) is 0 Å². The zero-order valence-corrected chi connectivity index (χ0v) is 13.8. The maximum Gasteiger partial charge on any atom is 0.573 e. The lowest BCUT2D eigenvalue weighted by Crippen LogP contribution is -2.28. The molecule has 10 heteroatoms. The van der Waals surface area contributed by atoms with Gasteiger partial charge in [0.05, 0.1) is 0 Å². The van der Waals surface area contributed by atoms with Crippen LogP contribution in [0.15, 0.2) is 60.9 Å². The summed E-state index contributed by atoms with van der Waals surface area (Å²) in [6.45, 7) is 0. The Bertz CT molecular complexity index is 885. The van der Waals surface area contributed by atoms with E-state index in [9.17, 15) is 18.0 Å². The quantitative estimate of drug-likeness (QED) is 0.714. The molecule has 1 unspecified atom stereocenters. The van der Waals surface area contributed by atoms with Gasteiger partial charge in [-0.15, -0.1) is 18.3 Å². The van der Waals surface area contributed by atoms with E-state index in [1.165, 1.54) is 23.1 Å². The van der Waals surface area contributed by atoms with Gasteiger partial charge in [-0.2, -0.15) is 0 Å². The molecule has 0 saturated carbocycles. The van der Waals surface area contributed by atoms with E-state index < -0.39 is 24.1 Å². The summed E-state index contributed by atoms with van der Waals surface area (Å²) in [5, 5.41) is 13.4. The van der Waals surface area contributed by atoms with E-state index in [0.717, 1.165) is 17.7 Å². The summed E-state index contributed by atoms with van der Waals surface area (Å²) < 4.78 is 42.2. The van der Waals surface area contributed by atoms with Crippen molar-refractivity contribution in [2.75, 3.05) is 5.32 Å². The minimum absolute atomic E-state index is 0.160. The van der Waals surface area contributed by atoms with Crippen molar-refractivity contribution in [1.82, 2.24) is 20.2 Å². The molecule has 1 aromatic heterocycles. The van der Waals surface area contributed by atoms with Crippen molar-refractivity contribution in [1.29, 1.82) is 0 Å². The van der Waals surface area contributed by atoms with Crippen LogP contribution in [0.1, 0.15) is 11.6 Å². The number of halogens is 3. The summed E-state index contributed by atoms with van der Waals surface area (Å²) in [6.07, 6.45) is -3.21. The molecule has 1 atom stereocenters. The molecule has 0 aliphatic rings. The van der Waals surface area contributed by atoms with Crippen molar-refractivity contribution < 1.29 is 22.7 Å². The highest BCUT2D eigenvalue weighted by atomic mass is 19.4. The van der Waals surface area contributed by atoms with E-state index >= 15 is 0 Å². The standard InChI is InChI=1S/C17H14F3N5O2/c18-17(19,20)27-14-8-4-7-13(10-14)22-16(26)15(25-11-21-23-24-25)9-12-5-2-1-3-6-12/h1-8,10-11,15H,9H2,(H,22,26). The molecule has 0 saturated heterocycles. The summed E-state index contributed by atoms with van der Waals surface area (Å²) in [5.74, 6) is -0.905. The Morgan fingerprint density at radius 1 is 1.15 bits per heavy atom. The molecule has 0 bridgehead atoms. The number of aromatic nitrogens is 4. The second kappa shape index (κ2) is 7.85. The second-order valence-corrected chi connectivity index (χ2v) is 5.56. The number of rotatable bonds is 6. The molecule has 0 aliphatic carbocycles. The van der Waals surface area contributed by atoms with Crippen molar-refractivity contribution in [2.45, 2.75) is 18.8 Å². The summed E-state index contributed by atoms with van der Waals surface area (Å²) in [7, 11) is 0. The maximum atomic E-state index is 12.7. The lowest BCUT2D eigenvalue weighted by molar-refractivity contribution is -0.274. The zero-order chi connectivity index (χ0) is 19.3. The molecule has 3 rings (SSSR count). The fraction of sp³-hybridized carbons (Fsp3) is 0.176. The Hall–Kier alpha value is -3.43. The van der Waals surface area contributed by atoms with Gasteiger partial charge in [-0.1, -0.05) is 36.4 Å². The highest BCUT2D eigenvalue weighted by Crippen LogP contribution is 2.25. The van der Waals surface area contributed by atoms with Crippen molar-refractivity contribution in [3.8, 4) is 5.75 Å². The third-order valence-corrected chi connectivity index (χ3v) is 3.59. The molecule has 1 heterocycles. The first kappa shape index (κ1) is 18.4. The van der Waals surface area contributed by atoms with E-state index in [1.54, 1.807) is 0 Å². The molecule has 3 aromatic rings. The summed E-state index contributed by atoms with van der Waals surface area (Å²) >= 11 is 0. The van der Waals surface area contributed by atoms with Gasteiger partial charge in [0.1, 0.15) is 18.1 Å². The number of carbonyl (C=O) groups excluding carboxylic acids is 1. The van der Waals surface area contributed by atoms with Crippen molar-refractivity contribution in [2.24, 2.45) is 0 Å². The summed E-state index contributed by atoms with van der Waals surface area (Å²) in [6, 6.07) is 13.5. The largest absolute Gasteiger partial charge is 0.573 e. The first-order chi connectivity index (χ1) is 12.9. The Morgan fingerprint density at radius 2 is 1.93 bits per heavy atom. The van der Waals surface area contributed by atoms with Crippen LogP contribution >= 0.6 is 0 Å². The van der Waals surface area contributed by atoms with Crippen LogP contribution in [0.25, 0.3) is 0 Å². The first-order valence-electron chi connectivity index (χ1n) is 7.84. The fourth-order valence-corrected chi connectivity index (χ4v) is 2.45. The number of ether oxygens (including phenoxy) is 1. The average Bonchev–Trinajstić information content (AvgIpc) is 3.13. The lowest BCUT2D eigenvalue weighted by Gasteiger charge is -2.17. The third-order valence-electron chi connectivity index (χ3n) is 3.59. The van der Waals surface area contributed by atoms with Gasteiger partial charge in [0, 0.05) is 18.2 Å². The van der Waals surface area contributed by atoms with Crippen LogP contribution in [0, 0.1) is 0 Å². The lowest BCUT2D eigenvalue weighted by atomic mass is 10.1. The molecule has 0 aliphatic heterocycles. The van der Waals surface area contributed by atoms with Crippen molar-refractivity contribution in [3.05, 3.63) is 66.5 Å². The molecule has 0 radical (unpaired) electrons. The number of anilines is 1. The zero-order valence-electron chi connectivity index (χ0n) is 13.8. The number of hydrogen-bond acceptors (Lipinski definition) is 5. The van der Waals surface area contributed by atoms with E-state index in [0.29, 0.717) is 6.42 Å². The van der Waals surface area contributed by atoms with Crippen LogP contribution in [0.3, 0.4) is 0 Å². The van der Waals surface area contributed by atoms with E-state index in [1.807, 2.05) is 30.3 Å². The number of nitrogens with zero attached hydrogens (tertiary/aromatic N) is 4. The van der Waals surface area contributed by atoms with Gasteiger partial charge < -0.3 is 10.1 Å². The molecule has 27 heavy (non-hydrogen) atoms. The smallest absolute Gasteiger partial charge is 0.406 e. The van der Waals surface area contributed by atoms with Crippen molar-refractivity contribution >= 4 is 11.6 Å². The van der Waals surface area contributed by atoms with Crippen LogP contribution in [-0.4, -0.2) is 32.5 Å². The van der Waals surface area contributed by atoms with Crippen LogP contribution in [0.5, 0.6) is 5.75 Å². The minimum atomic E-state index is -4.81. The molecule has 1 N–H and O–H groups in total. The molecule has 140 valence electrons. The van der Waals surface area contributed by atoms with Crippen LogP contribution in [0.2, 0.25) is 0 Å². The predicted octanol–water partition coefficient (Wildman–Crippen LogP) is 2.99. The maximum absolute atomic E-state index is 12.7. The SMILES string of the molecule is O=C(Nc1cccc(OC(F)(F)F)c1)C(Cc1ccccc1)n1cnnn1. The van der Waals surface area contributed by atoms with E-state index in [4.69, 9.17) is 0 Å². The van der Waals surface area contributed by atoms with E-state index in [-0.39, 0.29) is 5.69 Å². The van der Waals surface area contributed by atoms with Gasteiger partial charge >= 0.3 is 6.36 Å². The predicted molar refractivity (Wildman–Crippen MR) is 88.8 cm³/mol. The van der Waals surface area contributed by atoms with Gasteiger partial charge in [-0.3, -0.25) is 4.79 Å². The Labute approximate surface area is 151 Å². The number of nitrogens with one attached hydrogen (secondary N) is 1. The van der Waals surface area contributed by atoms with Gasteiger partial charge in [0.2, 0.25) is 5.91 Å². The molecule has 7 nitrogen and oxygen atoms in total. The summed E-state index contributed by atoms with van der Waals surface area (Å²) in [4.78, 5) is 12.7. The molecule has 0 fully saturated rings. The molecular weight excluding hydrogens is 363 g/mol. The number of carbonyl (C=O) groups is 1. The van der Waals surface area contributed by atoms with Crippen LogP contribution < -0.4 is 10.1 Å². The van der Waals surface area contributed by atoms with Gasteiger partial charge in [0.25, 0.3) is 0 Å². The topological polar surface area (TPSA) is 81.9 Å². The highest BCUT2D eigenvalue weighted by molar-refractivity contribution is 5.94. The number of tetrazole rings is 1. The second-order valence-electron chi connectivity index (χ2n) is 5.56. The number of amides is 1. The monoisotopic (exact) mass is 377 g/mol. The Balaban J connectivity index is 1.78. The molecule has 1 amide bonds.